The molecule has 0 heterocycles. The average molecular weight is 284 g/mol. The molecule has 0 saturated heterocycles. The smallest absolute Gasteiger partial charge is 0.165 e. The van der Waals surface area contributed by atoms with Gasteiger partial charge in [0.05, 0.1) is 0 Å². The summed E-state index contributed by atoms with van der Waals surface area (Å²) in [7, 11) is 0. The highest BCUT2D eigenvalue weighted by atomic mass is 35.5. The van der Waals surface area contributed by atoms with Gasteiger partial charge in [0.2, 0.25) is 0 Å². The lowest BCUT2D eigenvalue weighted by molar-refractivity contribution is 0.203. The van der Waals surface area contributed by atoms with Crippen LogP contribution in [-0.2, 0) is 0 Å². The Kier molecular flexibility index (Phi) is 4.35. The van der Waals surface area contributed by atoms with Crippen molar-refractivity contribution in [2.75, 3.05) is 6.54 Å². The summed E-state index contributed by atoms with van der Waals surface area (Å²) in [6.45, 7) is 0.136. The maximum absolute atomic E-state index is 13.5. The zero-order chi connectivity index (χ0) is 13.8. The molecule has 0 aliphatic heterocycles. The summed E-state index contributed by atoms with van der Waals surface area (Å²) in [5.74, 6) is -1.36. The van der Waals surface area contributed by atoms with Crippen molar-refractivity contribution in [3.8, 4) is 5.75 Å². The number of nitrogens with two attached hydrogens (primary N) is 1. The van der Waals surface area contributed by atoms with Crippen LogP contribution in [0.3, 0.4) is 0 Å². The van der Waals surface area contributed by atoms with Crippen LogP contribution in [-0.4, -0.2) is 6.54 Å². The van der Waals surface area contributed by atoms with Crippen molar-refractivity contribution in [1.82, 2.24) is 0 Å². The van der Waals surface area contributed by atoms with Crippen LogP contribution >= 0.6 is 11.6 Å². The van der Waals surface area contributed by atoms with E-state index in [1.807, 2.05) is 0 Å². The molecule has 0 saturated carbocycles. The van der Waals surface area contributed by atoms with Gasteiger partial charge in [0.1, 0.15) is 11.9 Å². The van der Waals surface area contributed by atoms with Gasteiger partial charge in [0.25, 0.3) is 0 Å². The fraction of sp³-hybridized carbons (Fsp3) is 0.143. The molecule has 1 atom stereocenters. The van der Waals surface area contributed by atoms with Gasteiger partial charge >= 0.3 is 0 Å². The molecule has 0 spiro atoms. The Morgan fingerprint density at radius 3 is 2.42 bits per heavy atom. The van der Waals surface area contributed by atoms with Gasteiger partial charge in [-0.05, 0) is 29.8 Å². The molecule has 1 unspecified atom stereocenters. The van der Waals surface area contributed by atoms with Crippen molar-refractivity contribution in [1.29, 1.82) is 0 Å². The van der Waals surface area contributed by atoms with E-state index in [9.17, 15) is 8.78 Å². The Balaban J connectivity index is 2.23. The Bertz CT molecular complexity index is 560. The number of halogens is 3. The Morgan fingerprint density at radius 2 is 1.79 bits per heavy atom. The third kappa shape index (κ3) is 3.43. The van der Waals surface area contributed by atoms with Crippen molar-refractivity contribution in [2.45, 2.75) is 6.10 Å². The first-order chi connectivity index (χ1) is 9.10. The van der Waals surface area contributed by atoms with Gasteiger partial charge in [-0.1, -0.05) is 23.7 Å². The summed E-state index contributed by atoms with van der Waals surface area (Å²) in [6.07, 6.45) is -0.562. The molecule has 5 heteroatoms. The van der Waals surface area contributed by atoms with Crippen molar-refractivity contribution in [3.05, 3.63) is 64.7 Å². The summed E-state index contributed by atoms with van der Waals surface area (Å²) < 4.78 is 32.0. The van der Waals surface area contributed by atoms with Crippen molar-refractivity contribution >= 4 is 11.6 Å². The van der Waals surface area contributed by atoms with Gasteiger partial charge < -0.3 is 10.5 Å². The van der Waals surface area contributed by atoms with E-state index < -0.39 is 17.7 Å². The molecule has 0 aliphatic carbocycles. The maximum Gasteiger partial charge on any atom is 0.165 e. The molecule has 0 aromatic heterocycles. The molecule has 100 valence electrons. The molecule has 0 bridgehead atoms. The minimum atomic E-state index is -0.631. The molecule has 0 fully saturated rings. The van der Waals surface area contributed by atoms with Gasteiger partial charge in [-0.25, -0.2) is 8.78 Å². The average Bonchev–Trinajstić information content (AvgIpc) is 2.41. The maximum atomic E-state index is 13.5. The van der Waals surface area contributed by atoms with Crippen molar-refractivity contribution < 1.29 is 13.5 Å². The minimum absolute atomic E-state index is 0.136. The highest BCUT2D eigenvalue weighted by Gasteiger charge is 2.14. The van der Waals surface area contributed by atoms with Crippen LogP contribution < -0.4 is 10.5 Å². The highest BCUT2D eigenvalue weighted by molar-refractivity contribution is 6.30. The van der Waals surface area contributed by atoms with Crippen molar-refractivity contribution in [2.24, 2.45) is 5.73 Å². The number of benzene rings is 2. The van der Waals surface area contributed by atoms with Crippen LogP contribution in [0.2, 0.25) is 5.02 Å². The molecule has 0 amide bonds. The van der Waals surface area contributed by atoms with Crippen LogP contribution in [0.15, 0.2) is 42.5 Å². The fourth-order valence-corrected chi connectivity index (χ4v) is 1.78. The van der Waals surface area contributed by atoms with Gasteiger partial charge in [0, 0.05) is 17.6 Å². The third-order valence-corrected chi connectivity index (χ3v) is 2.87. The first-order valence-corrected chi connectivity index (χ1v) is 6.05. The predicted molar refractivity (Wildman–Crippen MR) is 70.2 cm³/mol. The van der Waals surface area contributed by atoms with Gasteiger partial charge in [-0.2, -0.15) is 0 Å². The normalized spacial score (nSPS) is 12.2. The minimum Gasteiger partial charge on any atom is -0.481 e. The lowest BCUT2D eigenvalue weighted by Gasteiger charge is -2.18. The molecule has 2 rings (SSSR count). The summed E-state index contributed by atoms with van der Waals surface area (Å²) >= 11 is 5.78. The monoisotopic (exact) mass is 283 g/mol. The zero-order valence-corrected chi connectivity index (χ0v) is 10.7. The number of rotatable bonds is 4. The second-order valence-corrected chi connectivity index (χ2v) is 4.40. The highest BCUT2D eigenvalue weighted by Crippen LogP contribution is 2.25. The largest absolute Gasteiger partial charge is 0.481 e. The predicted octanol–water partition coefficient (Wildman–Crippen LogP) is 3.70. The molecule has 0 radical (unpaired) electrons. The standard InChI is InChI=1S/C14H12ClF2NO/c15-10-3-1-9(2-4-10)14(8-18)19-13-7-11(16)5-6-12(13)17/h1-7,14H,8,18H2. The molecule has 2 aromatic carbocycles. The van der Waals surface area contributed by atoms with E-state index in [0.29, 0.717) is 5.02 Å². The summed E-state index contributed by atoms with van der Waals surface area (Å²) in [4.78, 5) is 0. The van der Waals surface area contributed by atoms with Crippen molar-refractivity contribution in [3.63, 3.8) is 0 Å². The van der Waals surface area contributed by atoms with Crippen LogP contribution in [0.5, 0.6) is 5.75 Å². The lowest BCUT2D eigenvalue weighted by atomic mass is 10.1. The lowest BCUT2D eigenvalue weighted by Crippen LogP contribution is -2.19. The molecule has 19 heavy (non-hydrogen) atoms. The first kappa shape index (κ1) is 13.8. The third-order valence-electron chi connectivity index (χ3n) is 2.62. The Hall–Kier alpha value is -1.65. The molecule has 0 aliphatic rings. The van der Waals surface area contributed by atoms with Crippen LogP contribution in [0.25, 0.3) is 0 Å². The molecule has 2 N–H and O–H groups in total. The van der Waals surface area contributed by atoms with E-state index in [-0.39, 0.29) is 12.3 Å². The van der Waals surface area contributed by atoms with E-state index in [0.717, 1.165) is 23.8 Å². The topological polar surface area (TPSA) is 35.2 Å². The van der Waals surface area contributed by atoms with Crippen LogP contribution in [0.1, 0.15) is 11.7 Å². The quantitative estimate of drug-likeness (QED) is 0.929. The second kappa shape index (κ2) is 5.99. The SMILES string of the molecule is NCC(Oc1cc(F)ccc1F)c1ccc(Cl)cc1. The van der Waals surface area contributed by atoms with E-state index in [4.69, 9.17) is 22.1 Å². The van der Waals surface area contributed by atoms with Crippen LogP contribution in [0.4, 0.5) is 8.78 Å². The molecular weight excluding hydrogens is 272 g/mol. The van der Waals surface area contributed by atoms with E-state index in [1.54, 1.807) is 24.3 Å². The summed E-state index contributed by atoms with van der Waals surface area (Å²) in [5, 5.41) is 0.580. The van der Waals surface area contributed by atoms with E-state index >= 15 is 0 Å². The second-order valence-electron chi connectivity index (χ2n) is 3.97. The molecule has 2 aromatic rings. The van der Waals surface area contributed by atoms with Gasteiger partial charge in [0.15, 0.2) is 11.6 Å². The van der Waals surface area contributed by atoms with Gasteiger partial charge in [-0.15, -0.1) is 0 Å². The van der Waals surface area contributed by atoms with E-state index in [1.165, 1.54) is 0 Å². The number of ether oxygens (including phenoxy) is 1. The first-order valence-electron chi connectivity index (χ1n) is 5.67. The van der Waals surface area contributed by atoms with E-state index in [2.05, 4.69) is 0 Å². The number of hydrogen-bond donors (Lipinski definition) is 1. The zero-order valence-electron chi connectivity index (χ0n) is 9.95. The molecular formula is C14H12ClF2NO. The Morgan fingerprint density at radius 1 is 1.11 bits per heavy atom. The van der Waals surface area contributed by atoms with Gasteiger partial charge in [-0.3, -0.25) is 0 Å². The van der Waals surface area contributed by atoms with Crippen LogP contribution in [0, 0.1) is 11.6 Å². The summed E-state index contributed by atoms with van der Waals surface area (Å²) in [6, 6.07) is 9.87. The molecule has 2 nitrogen and oxygen atoms in total. The number of hydrogen-bond acceptors (Lipinski definition) is 2. The Labute approximate surface area is 114 Å². The fourth-order valence-electron chi connectivity index (χ4n) is 1.65. The summed E-state index contributed by atoms with van der Waals surface area (Å²) in [5.41, 5.74) is 6.35.